The molecule has 0 amide bonds. The van der Waals surface area contributed by atoms with Crippen LogP contribution in [0, 0.1) is 0 Å². The van der Waals surface area contributed by atoms with E-state index < -0.39 is 0 Å². The monoisotopic (exact) mass is 147 g/mol. The van der Waals surface area contributed by atoms with Crippen molar-refractivity contribution < 1.29 is 9.13 Å². The zero-order chi connectivity index (χ0) is 7.61. The van der Waals surface area contributed by atoms with Gasteiger partial charge in [-0.05, 0) is 13.8 Å². The number of alkyl halides is 1. The van der Waals surface area contributed by atoms with E-state index in [1.807, 2.05) is 13.8 Å². The Bertz CT molecular complexity index is 106. The topological polar surface area (TPSA) is 21.3 Å². The lowest BCUT2D eigenvalue weighted by Crippen LogP contribution is -2.52. The highest BCUT2D eigenvalue weighted by atomic mass is 19.1. The average molecular weight is 147 g/mol. The molecule has 10 heavy (non-hydrogen) atoms. The van der Waals surface area contributed by atoms with Gasteiger partial charge in [0.2, 0.25) is 0 Å². The van der Waals surface area contributed by atoms with Crippen LogP contribution in [0.4, 0.5) is 4.39 Å². The lowest BCUT2D eigenvalue weighted by atomic mass is 10.1. The molecule has 1 N–H and O–H groups in total. The number of halogens is 1. The molecule has 1 rings (SSSR count). The Hall–Kier alpha value is -0.150. The summed E-state index contributed by atoms with van der Waals surface area (Å²) in [6.45, 7) is 4.88. The normalized spacial score (nSPS) is 32.1. The second kappa shape index (κ2) is 2.84. The number of nitrogens with one attached hydrogen (secondary N) is 1. The number of ether oxygens (including phenoxy) is 1. The fraction of sp³-hybridized carbons (Fsp3) is 1.00. The van der Waals surface area contributed by atoms with Gasteiger partial charge in [0, 0.05) is 6.54 Å². The Morgan fingerprint density at radius 3 is 2.80 bits per heavy atom. The van der Waals surface area contributed by atoms with Crippen LogP contribution in [0.1, 0.15) is 13.8 Å². The fourth-order valence-corrected chi connectivity index (χ4v) is 0.925. The first-order chi connectivity index (χ1) is 4.64. The van der Waals surface area contributed by atoms with Crippen molar-refractivity contribution in [2.45, 2.75) is 25.5 Å². The molecule has 1 fully saturated rings. The third-order valence-corrected chi connectivity index (χ3v) is 1.68. The van der Waals surface area contributed by atoms with Gasteiger partial charge in [0.05, 0.1) is 18.2 Å². The van der Waals surface area contributed by atoms with Crippen molar-refractivity contribution in [3.05, 3.63) is 0 Å². The quantitative estimate of drug-likeness (QED) is 0.590. The van der Waals surface area contributed by atoms with Gasteiger partial charge in [-0.1, -0.05) is 0 Å². The van der Waals surface area contributed by atoms with Crippen LogP contribution in [-0.4, -0.2) is 31.5 Å². The van der Waals surface area contributed by atoms with E-state index in [4.69, 9.17) is 4.74 Å². The van der Waals surface area contributed by atoms with E-state index in [-0.39, 0.29) is 18.3 Å². The highest BCUT2D eigenvalue weighted by Crippen LogP contribution is 2.12. The fourth-order valence-electron chi connectivity index (χ4n) is 0.925. The summed E-state index contributed by atoms with van der Waals surface area (Å²) in [5.41, 5.74) is -0.119. The summed E-state index contributed by atoms with van der Waals surface area (Å²) in [5.74, 6) is 0. The van der Waals surface area contributed by atoms with E-state index in [0.717, 1.165) is 6.54 Å². The molecule has 0 aliphatic carbocycles. The average Bonchev–Trinajstić information content (AvgIpc) is 1.88. The summed E-state index contributed by atoms with van der Waals surface area (Å²) in [6, 6.07) is -0.0898. The van der Waals surface area contributed by atoms with E-state index in [9.17, 15) is 4.39 Å². The first-order valence-electron chi connectivity index (χ1n) is 3.57. The van der Waals surface area contributed by atoms with Crippen LogP contribution < -0.4 is 5.32 Å². The number of hydrogen-bond acceptors (Lipinski definition) is 2. The van der Waals surface area contributed by atoms with Crippen LogP contribution in [0.15, 0.2) is 0 Å². The van der Waals surface area contributed by atoms with Crippen LogP contribution in [-0.2, 0) is 4.74 Å². The predicted molar refractivity (Wildman–Crippen MR) is 37.8 cm³/mol. The van der Waals surface area contributed by atoms with Gasteiger partial charge in [-0.3, -0.25) is 0 Å². The summed E-state index contributed by atoms with van der Waals surface area (Å²) >= 11 is 0. The first kappa shape index (κ1) is 7.95. The SMILES string of the molecule is CC1(C)CNC(CF)CO1. The van der Waals surface area contributed by atoms with Gasteiger partial charge in [0.15, 0.2) is 0 Å². The van der Waals surface area contributed by atoms with Gasteiger partial charge in [-0.15, -0.1) is 0 Å². The highest BCUT2D eigenvalue weighted by Gasteiger charge is 2.26. The molecule has 1 atom stereocenters. The summed E-state index contributed by atoms with van der Waals surface area (Å²) in [6.07, 6.45) is 0. The lowest BCUT2D eigenvalue weighted by Gasteiger charge is -2.34. The number of hydrogen-bond donors (Lipinski definition) is 1. The van der Waals surface area contributed by atoms with Crippen molar-refractivity contribution >= 4 is 0 Å². The minimum atomic E-state index is -0.337. The van der Waals surface area contributed by atoms with E-state index >= 15 is 0 Å². The molecular formula is C7H14FNO. The zero-order valence-corrected chi connectivity index (χ0v) is 6.48. The van der Waals surface area contributed by atoms with E-state index in [2.05, 4.69) is 5.32 Å². The molecule has 1 aliphatic rings. The summed E-state index contributed by atoms with van der Waals surface area (Å²) in [4.78, 5) is 0. The van der Waals surface area contributed by atoms with Crippen LogP contribution in [0.3, 0.4) is 0 Å². The Kier molecular flexibility index (Phi) is 2.26. The van der Waals surface area contributed by atoms with Crippen LogP contribution in [0.5, 0.6) is 0 Å². The number of morpholine rings is 1. The molecule has 0 spiro atoms. The van der Waals surface area contributed by atoms with Crippen molar-refractivity contribution in [1.29, 1.82) is 0 Å². The lowest BCUT2D eigenvalue weighted by molar-refractivity contribution is -0.0610. The molecule has 0 bridgehead atoms. The van der Waals surface area contributed by atoms with Gasteiger partial charge in [-0.25, -0.2) is 4.39 Å². The van der Waals surface area contributed by atoms with Crippen molar-refractivity contribution in [1.82, 2.24) is 5.32 Å². The molecule has 60 valence electrons. The molecule has 2 nitrogen and oxygen atoms in total. The highest BCUT2D eigenvalue weighted by molar-refractivity contribution is 4.81. The summed E-state index contributed by atoms with van der Waals surface area (Å²) < 4.78 is 17.4. The number of rotatable bonds is 1. The molecule has 3 heteroatoms. The van der Waals surface area contributed by atoms with Gasteiger partial charge >= 0.3 is 0 Å². The first-order valence-corrected chi connectivity index (χ1v) is 3.57. The third kappa shape index (κ3) is 1.92. The Labute approximate surface area is 60.8 Å². The van der Waals surface area contributed by atoms with Gasteiger partial charge in [0.1, 0.15) is 6.67 Å². The van der Waals surface area contributed by atoms with Gasteiger partial charge in [-0.2, -0.15) is 0 Å². The Balaban J connectivity index is 2.31. The van der Waals surface area contributed by atoms with Crippen molar-refractivity contribution in [3.8, 4) is 0 Å². The van der Waals surface area contributed by atoms with Gasteiger partial charge in [0.25, 0.3) is 0 Å². The van der Waals surface area contributed by atoms with Gasteiger partial charge < -0.3 is 10.1 Å². The molecule has 1 saturated heterocycles. The van der Waals surface area contributed by atoms with Crippen molar-refractivity contribution in [2.75, 3.05) is 19.8 Å². The predicted octanol–water partition coefficient (Wildman–Crippen LogP) is 0.723. The van der Waals surface area contributed by atoms with E-state index in [0.29, 0.717) is 6.61 Å². The molecule has 1 aliphatic heterocycles. The molecular weight excluding hydrogens is 133 g/mol. The minimum absolute atomic E-state index is 0.0898. The van der Waals surface area contributed by atoms with E-state index in [1.54, 1.807) is 0 Å². The van der Waals surface area contributed by atoms with Crippen LogP contribution in [0.2, 0.25) is 0 Å². The summed E-state index contributed by atoms with van der Waals surface area (Å²) in [7, 11) is 0. The molecule has 0 aromatic rings. The van der Waals surface area contributed by atoms with E-state index in [1.165, 1.54) is 0 Å². The van der Waals surface area contributed by atoms with Crippen LogP contribution in [0.25, 0.3) is 0 Å². The van der Waals surface area contributed by atoms with Crippen molar-refractivity contribution in [2.24, 2.45) is 0 Å². The second-order valence-corrected chi connectivity index (χ2v) is 3.30. The maximum absolute atomic E-state index is 12.0. The largest absolute Gasteiger partial charge is 0.373 e. The van der Waals surface area contributed by atoms with Crippen molar-refractivity contribution in [3.63, 3.8) is 0 Å². The zero-order valence-electron chi connectivity index (χ0n) is 6.48. The maximum Gasteiger partial charge on any atom is 0.107 e. The Morgan fingerprint density at radius 2 is 2.40 bits per heavy atom. The molecule has 1 unspecified atom stereocenters. The standard InChI is InChI=1S/C7H14FNO/c1-7(2)5-9-6(3-8)4-10-7/h6,9H,3-5H2,1-2H3. The maximum atomic E-state index is 12.0. The van der Waals surface area contributed by atoms with Crippen LogP contribution >= 0.6 is 0 Å². The molecule has 0 aromatic carbocycles. The summed E-state index contributed by atoms with van der Waals surface area (Å²) in [5, 5.41) is 3.06. The molecule has 0 radical (unpaired) electrons. The smallest absolute Gasteiger partial charge is 0.107 e. The molecule has 0 aromatic heterocycles. The molecule has 0 saturated carbocycles. The third-order valence-electron chi connectivity index (χ3n) is 1.68. The minimum Gasteiger partial charge on any atom is -0.373 e. The molecule has 1 heterocycles. The Morgan fingerprint density at radius 1 is 1.70 bits per heavy atom. The second-order valence-electron chi connectivity index (χ2n) is 3.30.